The quantitative estimate of drug-likeness (QED) is 0.669. The smallest absolute Gasteiger partial charge is 0.248 e. The van der Waals surface area contributed by atoms with Crippen LogP contribution in [0.1, 0.15) is 56.6 Å². The highest BCUT2D eigenvalue weighted by molar-refractivity contribution is 5.48. The Labute approximate surface area is 145 Å². The molecule has 1 aliphatic rings. The maximum Gasteiger partial charge on any atom is 0.248 e. The zero-order chi connectivity index (χ0) is 17.7. The van der Waals surface area contributed by atoms with Crippen molar-refractivity contribution in [3.8, 4) is 11.5 Å². The highest BCUT2D eigenvalue weighted by Gasteiger charge is 2.36. The summed E-state index contributed by atoms with van der Waals surface area (Å²) in [6.45, 7) is 9.62. The van der Waals surface area contributed by atoms with Gasteiger partial charge in [0.15, 0.2) is 11.5 Å². The summed E-state index contributed by atoms with van der Waals surface area (Å²) in [6, 6.07) is 4.05. The summed E-state index contributed by atoms with van der Waals surface area (Å²) in [4.78, 5) is 0. The van der Waals surface area contributed by atoms with E-state index in [0.717, 1.165) is 30.8 Å². The van der Waals surface area contributed by atoms with Gasteiger partial charge in [-0.05, 0) is 69.2 Å². The number of fused-ring (bicyclic) bond motifs is 1. The van der Waals surface area contributed by atoms with Crippen LogP contribution in [-0.4, -0.2) is 28.2 Å². The highest BCUT2D eigenvalue weighted by Crippen LogP contribution is 2.42. The van der Waals surface area contributed by atoms with Gasteiger partial charge in [0, 0.05) is 13.3 Å². The molecule has 2 unspecified atom stereocenters. The van der Waals surface area contributed by atoms with E-state index < -0.39 is 11.9 Å². The van der Waals surface area contributed by atoms with Crippen LogP contribution in [-0.2, 0) is 0 Å². The van der Waals surface area contributed by atoms with E-state index in [2.05, 4.69) is 20.4 Å². The maximum atomic E-state index is 10.0. The Morgan fingerprint density at radius 3 is 2.12 bits per heavy atom. The number of benzene rings is 1. The first-order valence-corrected chi connectivity index (χ1v) is 8.81. The third kappa shape index (κ3) is 4.99. The van der Waals surface area contributed by atoms with E-state index in [1.165, 1.54) is 17.2 Å². The lowest BCUT2D eigenvalue weighted by atomic mass is 10.0. The Hall–Kier alpha value is -1.52. The Balaban J connectivity index is 1.74. The lowest BCUT2D eigenvalue weighted by Gasteiger charge is -2.23. The molecule has 1 aromatic rings. The molecule has 0 aromatic heterocycles. The molecule has 0 radical (unpaired) electrons. The molecule has 2 rings (SSSR count). The normalized spacial score (nSPS) is 17.5. The minimum atomic E-state index is -0.651. The fraction of sp³-hybridized carbons (Fsp3) is 0.600. The Kier molecular flexibility index (Phi) is 6.30. The minimum absolute atomic E-state index is 0.348. The van der Waals surface area contributed by atoms with Gasteiger partial charge in [0.1, 0.15) is 0 Å². The highest BCUT2D eigenvalue weighted by atomic mass is 16.7. The van der Waals surface area contributed by atoms with Gasteiger partial charge < -0.3 is 19.7 Å². The Bertz CT molecular complexity index is 536. The standard InChI is InChI=1S/C20H30O4/c1-5-16(21)8-6-9-17(22)10-7-11-20(4)23-18-12-14(2)15(3)13-19(18)24-20/h5,12-13,16-17,21-22H,1,6-11H2,2-4H3. The van der Waals surface area contributed by atoms with Crippen LogP contribution in [0.5, 0.6) is 11.5 Å². The van der Waals surface area contributed by atoms with Crippen LogP contribution in [0, 0.1) is 13.8 Å². The third-order valence-corrected chi connectivity index (χ3v) is 4.69. The summed E-state index contributed by atoms with van der Waals surface area (Å²) < 4.78 is 12.0. The summed E-state index contributed by atoms with van der Waals surface area (Å²) in [5, 5.41) is 19.5. The predicted octanol–water partition coefficient (Wildman–Crippen LogP) is 4.04. The molecule has 4 heteroatoms. The first-order chi connectivity index (χ1) is 11.3. The molecular formula is C20H30O4. The number of ether oxygens (including phenoxy) is 2. The van der Waals surface area contributed by atoms with E-state index >= 15 is 0 Å². The summed E-state index contributed by atoms with van der Waals surface area (Å²) in [5.41, 5.74) is 2.39. The van der Waals surface area contributed by atoms with E-state index in [1.807, 2.05) is 19.1 Å². The van der Waals surface area contributed by atoms with Crippen LogP contribution >= 0.6 is 0 Å². The molecule has 0 amide bonds. The fourth-order valence-corrected chi connectivity index (χ4v) is 2.99. The molecule has 0 saturated carbocycles. The van der Waals surface area contributed by atoms with Crippen molar-refractivity contribution in [2.45, 2.75) is 77.3 Å². The van der Waals surface area contributed by atoms with Crippen molar-refractivity contribution >= 4 is 0 Å². The lowest BCUT2D eigenvalue weighted by molar-refractivity contribution is -0.0711. The molecule has 2 atom stereocenters. The molecule has 0 aliphatic carbocycles. The number of rotatable bonds is 9. The van der Waals surface area contributed by atoms with Crippen molar-refractivity contribution in [2.75, 3.05) is 0 Å². The van der Waals surface area contributed by atoms with Crippen LogP contribution in [0.15, 0.2) is 24.8 Å². The van der Waals surface area contributed by atoms with Crippen molar-refractivity contribution in [1.29, 1.82) is 0 Å². The van der Waals surface area contributed by atoms with Gasteiger partial charge in [-0.1, -0.05) is 6.08 Å². The van der Waals surface area contributed by atoms with Crippen LogP contribution < -0.4 is 9.47 Å². The molecule has 1 heterocycles. The summed E-state index contributed by atoms with van der Waals surface area (Å²) in [7, 11) is 0. The van der Waals surface area contributed by atoms with Crippen LogP contribution in [0.25, 0.3) is 0 Å². The van der Waals surface area contributed by atoms with Crippen LogP contribution in [0.3, 0.4) is 0 Å². The number of hydrogen-bond donors (Lipinski definition) is 2. The largest absolute Gasteiger partial charge is 0.449 e. The van der Waals surface area contributed by atoms with Gasteiger partial charge in [-0.2, -0.15) is 0 Å². The van der Waals surface area contributed by atoms with Gasteiger partial charge in [-0.3, -0.25) is 0 Å². The summed E-state index contributed by atoms with van der Waals surface area (Å²) in [6.07, 6.45) is 5.12. The number of aryl methyl sites for hydroxylation is 2. The molecule has 24 heavy (non-hydrogen) atoms. The first-order valence-electron chi connectivity index (χ1n) is 8.81. The van der Waals surface area contributed by atoms with E-state index in [1.54, 1.807) is 0 Å². The molecule has 0 saturated heterocycles. The fourth-order valence-electron chi connectivity index (χ4n) is 2.99. The van der Waals surface area contributed by atoms with E-state index in [-0.39, 0.29) is 6.10 Å². The zero-order valence-electron chi connectivity index (χ0n) is 15.0. The molecule has 2 N–H and O–H groups in total. The van der Waals surface area contributed by atoms with Gasteiger partial charge in [0.2, 0.25) is 5.79 Å². The SMILES string of the molecule is C=CC(O)CCCC(O)CCCC1(C)Oc2cc(C)c(C)cc2O1. The zero-order valence-corrected chi connectivity index (χ0v) is 15.0. The predicted molar refractivity (Wildman–Crippen MR) is 95.5 cm³/mol. The van der Waals surface area contributed by atoms with Gasteiger partial charge in [-0.25, -0.2) is 0 Å². The molecule has 0 fully saturated rings. The average Bonchev–Trinajstić information content (AvgIpc) is 2.83. The van der Waals surface area contributed by atoms with Crippen molar-refractivity contribution in [3.05, 3.63) is 35.9 Å². The molecule has 4 nitrogen and oxygen atoms in total. The minimum Gasteiger partial charge on any atom is -0.449 e. The van der Waals surface area contributed by atoms with Gasteiger partial charge in [0.05, 0.1) is 12.2 Å². The number of hydrogen-bond acceptors (Lipinski definition) is 4. The van der Waals surface area contributed by atoms with Gasteiger partial charge >= 0.3 is 0 Å². The number of aliphatic hydroxyl groups is 2. The second kappa shape index (κ2) is 8.04. The summed E-state index contributed by atoms with van der Waals surface area (Å²) in [5.74, 6) is 0.959. The second-order valence-corrected chi connectivity index (χ2v) is 7.00. The molecule has 0 spiro atoms. The molecule has 1 aliphatic heterocycles. The lowest BCUT2D eigenvalue weighted by Crippen LogP contribution is -2.34. The van der Waals surface area contributed by atoms with Crippen LogP contribution in [0.2, 0.25) is 0 Å². The van der Waals surface area contributed by atoms with E-state index in [9.17, 15) is 10.2 Å². The first kappa shape index (κ1) is 18.8. The topological polar surface area (TPSA) is 58.9 Å². The third-order valence-electron chi connectivity index (χ3n) is 4.69. The Morgan fingerprint density at radius 1 is 1.04 bits per heavy atom. The van der Waals surface area contributed by atoms with E-state index in [0.29, 0.717) is 19.3 Å². The van der Waals surface area contributed by atoms with Crippen LogP contribution in [0.4, 0.5) is 0 Å². The summed E-state index contributed by atoms with van der Waals surface area (Å²) >= 11 is 0. The maximum absolute atomic E-state index is 10.0. The Morgan fingerprint density at radius 2 is 1.58 bits per heavy atom. The molecule has 134 valence electrons. The second-order valence-electron chi connectivity index (χ2n) is 7.00. The van der Waals surface area contributed by atoms with Crippen molar-refractivity contribution in [2.24, 2.45) is 0 Å². The molecule has 1 aromatic carbocycles. The molecule has 0 bridgehead atoms. The van der Waals surface area contributed by atoms with Crippen molar-refractivity contribution in [3.63, 3.8) is 0 Å². The number of aliphatic hydroxyl groups excluding tert-OH is 2. The monoisotopic (exact) mass is 334 g/mol. The van der Waals surface area contributed by atoms with Crippen molar-refractivity contribution < 1.29 is 19.7 Å². The average molecular weight is 334 g/mol. The molecular weight excluding hydrogens is 304 g/mol. The van der Waals surface area contributed by atoms with Gasteiger partial charge in [-0.15, -0.1) is 6.58 Å². The van der Waals surface area contributed by atoms with Crippen molar-refractivity contribution in [1.82, 2.24) is 0 Å². The van der Waals surface area contributed by atoms with Gasteiger partial charge in [0.25, 0.3) is 0 Å². The van der Waals surface area contributed by atoms with E-state index in [4.69, 9.17) is 9.47 Å².